The molecule has 0 aliphatic heterocycles. The van der Waals surface area contributed by atoms with E-state index in [1.807, 2.05) is 6.92 Å². The second-order valence-electron chi connectivity index (χ2n) is 4.69. The first-order valence-electron chi connectivity index (χ1n) is 6.74. The van der Waals surface area contributed by atoms with Crippen LogP contribution in [-0.4, -0.2) is 47.2 Å². The first-order chi connectivity index (χ1) is 8.58. The summed E-state index contributed by atoms with van der Waals surface area (Å²) in [7, 11) is 0. The molecule has 18 heavy (non-hydrogen) atoms. The van der Waals surface area contributed by atoms with E-state index in [9.17, 15) is 9.59 Å². The maximum atomic E-state index is 12.2. The number of ether oxygens (including phenoxy) is 1. The maximum absolute atomic E-state index is 12.2. The summed E-state index contributed by atoms with van der Waals surface area (Å²) < 4.78 is 5.80. The molecule has 1 saturated carbocycles. The van der Waals surface area contributed by atoms with E-state index in [0.717, 1.165) is 25.7 Å². The van der Waals surface area contributed by atoms with Crippen molar-refractivity contribution < 1.29 is 19.4 Å². The summed E-state index contributed by atoms with van der Waals surface area (Å²) in [5.41, 5.74) is 0. The molecule has 1 rings (SSSR count). The average Bonchev–Trinajstić information content (AvgIpc) is 2.84. The Morgan fingerprint density at radius 1 is 1.33 bits per heavy atom. The largest absolute Gasteiger partial charge is 0.480 e. The lowest BCUT2D eigenvalue weighted by Crippen LogP contribution is -2.43. The molecule has 1 aliphatic rings. The highest BCUT2D eigenvalue weighted by Crippen LogP contribution is 2.23. The summed E-state index contributed by atoms with van der Waals surface area (Å²) in [6.07, 6.45) is 4.59. The van der Waals surface area contributed by atoms with E-state index >= 15 is 0 Å². The van der Waals surface area contributed by atoms with Crippen molar-refractivity contribution in [3.8, 4) is 0 Å². The SMILES string of the molecule is CCC(OC1CCCC1)C(=O)N(CC)CC(=O)O. The van der Waals surface area contributed by atoms with E-state index in [-0.39, 0.29) is 18.6 Å². The third-order valence-corrected chi connectivity index (χ3v) is 3.32. The highest BCUT2D eigenvalue weighted by Gasteiger charge is 2.28. The summed E-state index contributed by atoms with van der Waals surface area (Å²) in [4.78, 5) is 24.2. The van der Waals surface area contributed by atoms with Gasteiger partial charge in [-0.3, -0.25) is 9.59 Å². The number of carboxylic acids is 1. The lowest BCUT2D eigenvalue weighted by atomic mass is 10.2. The van der Waals surface area contributed by atoms with Gasteiger partial charge in [-0.1, -0.05) is 19.8 Å². The molecule has 0 heterocycles. The fraction of sp³-hybridized carbons (Fsp3) is 0.846. The molecule has 5 heteroatoms. The van der Waals surface area contributed by atoms with Crippen molar-refractivity contribution in [2.75, 3.05) is 13.1 Å². The normalized spacial score (nSPS) is 17.7. The summed E-state index contributed by atoms with van der Waals surface area (Å²) in [5.74, 6) is -1.18. The van der Waals surface area contributed by atoms with E-state index < -0.39 is 12.1 Å². The molecule has 1 aliphatic carbocycles. The van der Waals surface area contributed by atoms with Crippen molar-refractivity contribution in [2.24, 2.45) is 0 Å². The number of amides is 1. The molecule has 0 bridgehead atoms. The fourth-order valence-electron chi connectivity index (χ4n) is 2.30. The van der Waals surface area contributed by atoms with Crippen LogP contribution in [0.4, 0.5) is 0 Å². The van der Waals surface area contributed by atoms with Gasteiger partial charge in [0.05, 0.1) is 6.10 Å². The van der Waals surface area contributed by atoms with Gasteiger partial charge in [0.15, 0.2) is 0 Å². The number of carbonyl (C=O) groups excluding carboxylic acids is 1. The first-order valence-corrected chi connectivity index (χ1v) is 6.74. The predicted octanol–water partition coefficient (Wildman–Crippen LogP) is 1.66. The highest BCUT2D eigenvalue weighted by atomic mass is 16.5. The van der Waals surface area contributed by atoms with Crippen LogP contribution in [0.5, 0.6) is 0 Å². The van der Waals surface area contributed by atoms with E-state index in [1.54, 1.807) is 6.92 Å². The van der Waals surface area contributed by atoms with E-state index in [2.05, 4.69) is 0 Å². The molecular formula is C13H23NO4. The number of carboxylic acid groups (broad SMARTS) is 1. The third-order valence-electron chi connectivity index (χ3n) is 3.32. The van der Waals surface area contributed by atoms with Crippen LogP contribution in [0.3, 0.4) is 0 Å². The van der Waals surface area contributed by atoms with Crippen LogP contribution in [-0.2, 0) is 14.3 Å². The lowest BCUT2D eigenvalue weighted by molar-refractivity contribution is -0.153. The van der Waals surface area contributed by atoms with Gasteiger partial charge in [-0.15, -0.1) is 0 Å². The van der Waals surface area contributed by atoms with Crippen LogP contribution in [0, 0.1) is 0 Å². The molecule has 0 aromatic carbocycles. The molecule has 1 unspecified atom stereocenters. The van der Waals surface area contributed by atoms with Crippen molar-refractivity contribution in [1.29, 1.82) is 0 Å². The van der Waals surface area contributed by atoms with Gasteiger partial charge in [0.2, 0.25) is 0 Å². The van der Waals surface area contributed by atoms with Crippen LogP contribution in [0.25, 0.3) is 0 Å². The maximum Gasteiger partial charge on any atom is 0.323 e. The van der Waals surface area contributed by atoms with Crippen molar-refractivity contribution in [3.63, 3.8) is 0 Å². The van der Waals surface area contributed by atoms with Crippen molar-refractivity contribution in [2.45, 2.75) is 58.2 Å². The molecule has 0 spiro atoms. The smallest absolute Gasteiger partial charge is 0.323 e. The Bertz CT molecular complexity index is 287. The van der Waals surface area contributed by atoms with Gasteiger partial charge in [-0.25, -0.2) is 0 Å². The molecule has 0 radical (unpaired) electrons. The minimum absolute atomic E-state index is 0.169. The number of hydrogen-bond donors (Lipinski definition) is 1. The number of nitrogens with zero attached hydrogens (tertiary/aromatic N) is 1. The number of hydrogen-bond acceptors (Lipinski definition) is 3. The van der Waals surface area contributed by atoms with Crippen LogP contribution < -0.4 is 0 Å². The topological polar surface area (TPSA) is 66.8 Å². The molecular weight excluding hydrogens is 234 g/mol. The predicted molar refractivity (Wildman–Crippen MR) is 67.3 cm³/mol. The fourth-order valence-corrected chi connectivity index (χ4v) is 2.30. The van der Waals surface area contributed by atoms with Gasteiger partial charge in [-0.05, 0) is 26.2 Å². The third kappa shape index (κ3) is 4.29. The van der Waals surface area contributed by atoms with Crippen LogP contribution in [0.1, 0.15) is 46.0 Å². The summed E-state index contributed by atoms with van der Waals surface area (Å²) >= 11 is 0. The Morgan fingerprint density at radius 3 is 2.39 bits per heavy atom. The van der Waals surface area contributed by atoms with Gasteiger partial charge >= 0.3 is 5.97 Å². The number of likely N-dealkylation sites (N-methyl/N-ethyl adjacent to an activating group) is 1. The minimum Gasteiger partial charge on any atom is -0.480 e. The number of rotatable bonds is 7. The van der Waals surface area contributed by atoms with Gasteiger partial charge in [0, 0.05) is 6.54 Å². The van der Waals surface area contributed by atoms with Crippen LogP contribution >= 0.6 is 0 Å². The van der Waals surface area contributed by atoms with Crippen LogP contribution in [0.15, 0.2) is 0 Å². The summed E-state index contributed by atoms with van der Waals surface area (Å²) in [6, 6.07) is 0. The van der Waals surface area contributed by atoms with Gasteiger partial charge in [0.25, 0.3) is 5.91 Å². The highest BCUT2D eigenvalue weighted by molar-refractivity contribution is 5.84. The number of aliphatic carboxylic acids is 1. The molecule has 0 aromatic rings. The van der Waals surface area contributed by atoms with Crippen LogP contribution in [0.2, 0.25) is 0 Å². The summed E-state index contributed by atoms with van der Waals surface area (Å²) in [6.45, 7) is 3.82. The van der Waals surface area contributed by atoms with Gasteiger partial charge < -0.3 is 14.7 Å². The van der Waals surface area contributed by atoms with E-state index in [4.69, 9.17) is 9.84 Å². The Labute approximate surface area is 108 Å². The molecule has 0 saturated heterocycles. The second kappa shape index (κ2) is 7.36. The molecule has 5 nitrogen and oxygen atoms in total. The number of carbonyl (C=O) groups is 2. The zero-order chi connectivity index (χ0) is 13.5. The minimum atomic E-state index is -0.985. The first kappa shape index (κ1) is 15.0. The standard InChI is InChI=1S/C13H23NO4/c1-3-11(18-10-7-5-6-8-10)13(17)14(4-2)9-12(15)16/h10-11H,3-9H2,1-2H3,(H,15,16). The van der Waals surface area contributed by atoms with Crippen molar-refractivity contribution in [3.05, 3.63) is 0 Å². The molecule has 0 aromatic heterocycles. The monoisotopic (exact) mass is 257 g/mol. The van der Waals surface area contributed by atoms with Gasteiger partial charge in [0.1, 0.15) is 12.6 Å². The average molecular weight is 257 g/mol. The Balaban J connectivity index is 2.55. The van der Waals surface area contributed by atoms with Gasteiger partial charge in [-0.2, -0.15) is 0 Å². The molecule has 1 amide bonds. The van der Waals surface area contributed by atoms with Crippen molar-refractivity contribution in [1.82, 2.24) is 4.90 Å². The molecule has 104 valence electrons. The molecule has 1 atom stereocenters. The molecule has 1 N–H and O–H groups in total. The Hall–Kier alpha value is -1.10. The second-order valence-corrected chi connectivity index (χ2v) is 4.69. The van der Waals surface area contributed by atoms with Crippen molar-refractivity contribution >= 4 is 11.9 Å². The zero-order valence-electron chi connectivity index (χ0n) is 11.2. The lowest BCUT2D eigenvalue weighted by Gasteiger charge is -2.26. The Morgan fingerprint density at radius 2 is 1.94 bits per heavy atom. The van der Waals surface area contributed by atoms with E-state index in [1.165, 1.54) is 4.90 Å². The summed E-state index contributed by atoms with van der Waals surface area (Å²) in [5, 5.41) is 8.77. The zero-order valence-corrected chi connectivity index (χ0v) is 11.2. The quantitative estimate of drug-likeness (QED) is 0.753. The van der Waals surface area contributed by atoms with E-state index in [0.29, 0.717) is 13.0 Å². The Kier molecular flexibility index (Phi) is 6.12. The molecule has 1 fully saturated rings.